The first-order chi connectivity index (χ1) is 9.31. The molecule has 2 N–H and O–H groups in total. The molecule has 114 valence electrons. The van der Waals surface area contributed by atoms with Gasteiger partial charge in [0.15, 0.2) is 0 Å². The van der Waals surface area contributed by atoms with Crippen LogP contribution in [0.15, 0.2) is 29.2 Å². The molecule has 1 aromatic rings. The van der Waals surface area contributed by atoms with Gasteiger partial charge >= 0.3 is 0 Å². The number of hydrogen-bond acceptors (Lipinski definition) is 3. The molecule has 0 bridgehead atoms. The van der Waals surface area contributed by atoms with E-state index in [0.29, 0.717) is 16.9 Å². The Kier molecular flexibility index (Phi) is 6.17. The van der Waals surface area contributed by atoms with E-state index in [1.807, 2.05) is 33.0 Å². The zero-order valence-corrected chi connectivity index (χ0v) is 13.8. The third-order valence-electron chi connectivity index (χ3n) is 3.52. The van der Waals surface area contributed by atoms with Crippen LogP contribution in [0.1, 0.15) is 45.6 Å². The standard InChI is InChI=1S/C15H26N2O2S/c1-6-15(16-5)12(4)13-7-9-14(10-8-13)20(18,19)17-11(2)3/h7-12,15-17H,6H2,1-5H3. The van der Waals surface area contributed by atoms with Crippen LogP contribution in [-0.4, -0.2) is 27.5 Å². The predicted octanol–water partition coefficient (Wildman–Crippen LogP) is 2.47. The lowest BCUT2D eigenvalue weighted by Gasteiger charge is -2.22. The average molecular weight is 298 g/mol. The molecule has 5 heteroatoms. The largest absolute Gasteiger partial charge is 0.316 e. The first kappa shape index (κ1) is 17.1. The van der Waals surface area contributed by atoms with Crippen molar-refractivity contribution < 1.29 is 8.42 Å². The van der Waals surface area contributed by atoms with Gasteiger partial charge in [-0.25, -0.2) is 13.1 Å². The van der Waals surface area contributed by atoms with E-state index in [1.54, 1.807) is 12.1 Å². The van der Waals surface area contributed by atoms with Crippen LogP contribution in [0.5, 0.6) is 0 Å². The number of benzene rings is 1. The molecule has 2 unspecified atom stereocenters. The summed E-state index contributed by atoms with van der Waals surface area (Å²) in [5, 5.41) is 3.29. The van der Waals surface area contributed by atoms with Crippen molar-refractivity contribution in [1.29, 1.82) is 0 Å². The summed E-state index contributed by atoms with van der Waals surface area (Å²) in [5.74, 6) is 0.347. The van der Waals surface area contributed by atoms with E-state index in [1.165, 1.54) is 0 Å². The van der Waals surface area contributed by atoms with E-state index in [0.717, 1.165) is 12.0 Å². The molecule has 0 fully saturated rings. The fraction of sp³-hybridized carbons (Fsp3) is 0.600. The lowest BCUT2D eigenvalue weighted by Crippen LogP contribution is -2.31. The van der Waals surface area contributed by atoms with Crippen LogP contribution in [0, 0.1) is 0 Å². The molecule has 0 spiro atoms. The van der Waals surface area contributed by atoms with Gasteiger partial charge in [-0.2, -0.15) is 0 Å². The van der Waals surface area contributed by atoms with Gasteiger partial charge in [0.1, 0.15) is 0 Å². The molecule has 2 atom stereocenters. The predicted molar refractivity (Wildman–Crippen MR) is 83.5 cm³/mol. The van der Waals surface area contributed by atoms with Crippen molar-refractivity contribution in [3.05, 3.63) is 29.8 Å². The summed E-state index contributed by atoms with van der Waals surface area (Å²) in [4.78, 5) is 0.319. The highest BCUT2D eigenvalue weighted by atomic mass is 32.2. The molecule has 0 saturated carbocycles. The molecular formula is C15H26N2O2S. The van der Waals surface area contributed by atoms with Gasteiger partial charge in [0.2, 0.25) is 10.0 Å². The number of rotatable bonds is 7. The molecule has 0 amide bonds. The summed E-state index contributed by atoms with van der Waals surface area (Å²) in [7, 11) is -1.44. The second-order valence-corrected chi connectivity index (χ2v) is 7.15. The van der Waals surface area contributed by atoms with Gasteiger partial charge in [-0.15, -0.1) is 0 Å². The van der Waals surface area contributed by atoms with Crippen molar-refractivity contribution in [2.24, 2.45) is 0 Å². The second kappa shape index (κ2) is 7.20. The molecule has 0 radical (unpaired) electrons. The minimum Gasteiger partial charge on any atom is -0.316 e. The second-order valence-electron chi connectivity index (χ2n) is 5.44. The Balaban J connectivity index is 2.94. The van der Waals surface area contributed by atoms with Gasteiger partial charge < -0.3 is 5.32 Å². The number of likely N-dealkylation sites (N-methyl/N-ethyl adjacent to an activating group) is 1. The van der Waals surface area contributed by atoms with Crippen LogP contribution in [0.25, 0.3) is 0 Å². The van der Waals surface area contributed by atoms with Gasteiger partial charge in [-0.1, -0.05) is 26.0 Å². The molecule has 0 aliphatic carbocycles. The third-order valence-corrected chi connectivity index (χ3v) is 5.20. The topological polar surface area (TPSA) is 58.2 Å². The van der Waals surface area contributed by atoms with E-state index < -0.39 is 10.0 Å². The minimum atomic E-state index is -3.40. The normalized spacial score (nSPS) is 15.3. The van der Waals surface area contributed by atoms with E-state index in [-0.39, 0.29) is 6.04 Å². The van der Waals surface area contributed by atoms with Crippen molar-refractivity contribution in [2.45, 2.75) is 57.0 Å². The van der Waals surface area contributed by atoms with Gasteiger partial charge in [0.25, 0.3) is 0 Å². The Labute approximate surface area is 123 Å². The highest BCUT2D eigenvalue weighted by molar-refractivity contribution is 7.89. The fourth-order valence-electron chi connectivity index (χ4n) is 2.37. The van der Waals surface area contributed by atoms with Crippen molar-refractivity contribution >= 4 is 10.0 Å². The fourth-order valence-corrected chi connectivity index (χ4v) is 3.62. The van der Waals surface area contributed by atoms with E-state index in [2.05, 4.69) is 23.9 Å². The molecular weight excluding hydrogens is 272 g/mol. The van der Waals surface area contributed by atoms with Crippen molar-refractivity contribution in [1.82, 2.24) is 10.0 Å². The molecule has 1 aromatic carbocycles. The van der Waals surface area contributed by atoms with Gasteiger partial charge in [-0.3, -0.25) is 0 Å². The summed E-state index contributed by atoms with van der Waals surface area (Å²) in [6.07, 6.45) is 1.03. The molecule has 20 heavy (non-hydrogen) atoms. The van der Waals surface area contributed by atoms with Crippen LogP contribution in [0.4, 0.5) is 0 Å². The van der Waals surface area contributed by atoms with Gasteiger partial charge in [-0.05, 0) is 50.9 Å². The van der Waals surface area contributed by atoms with Crippen LogP contribution < -0.4 is 10.0 Å². The van der Waals surface area contributed by atoms with Crippen molar-refractivity contribution in [3.8, 4) is 0 Å². The summed E-state index contributed by atoms with van der Waals surface area (Å²) < 4.78 is 26.7. The third kappa shape index (κ3) is 4.30. The van der Waals surface area contributed by atoms with Crippen LogP contribution >= 0.6 is 0 Å². The van der Waals surface area contributed by atoms with Crippen LogP contribution in [-0.2, 0) is 10.0 Å². The minimum absolute atomic E-state index is 0.104. The zero-order valence-electron chi connectivity index (χ0n) is 13.0. The smallest absolute Gasteiger partial charge is 0.240 e. The molecule has 0 aromatic heterocycles. The maximum atomic E-state index is 12.0. The molecule has 0 saturated heterocycles. The van der Waals surface area contributed by atoms with Gasteiger partial charge in [0, 0.05) is 12.1 Å². The Morgan fingerprint density at radius 3 is 2.05 bits per heavy atom. The zero-order chi connectivity index (χ0) is 15.3. The number of nitrogens with one attached hydrogen (secondary N) is 2. The molecule has 1 rings (SSSR count). The van der Waals surface area contributed by atoms with Crippen molar-refractivity contribution in [3.63, 3.8) is 0 Å². The van der Waals surface area contributed by atoms with Crippen molar-refractivity contribution in [2.75, 3.05) is 7.05 Å². The highest BCUT2D eigenvalue weighted by Crippen LogP contribution is 2.22. The first-order valence-electron chi connectivity index (χ1n) is 7.11. The lowest BCUT2D eigenvalue weighted by atomic mass is 9.92. The first-order valence-corrected chi connectivity index (χ1v) is 8.59. The maximum absolute atomic E-state index is 12.0. The molecule has 4 nitrogen and oxygen atoms in total. The summed E-state index contributed by atoms with van der Waals surface area (Å²) in [5.41, 5.74) is 1.15. The van der Waals surface area contributed by atoms with E-state index in [4.69, 9.17) is 0 Å². The summed E-state index contributed by atoms with van der Waals surface area (Å²) in [6.45, 7) is 7.92. The number of sulfonamides is 1. The Bertz CT molecular complexity index is 505. The Morgan fingerprint density at radius 2 is 1.65 bits per heavy atom. The Hall–Kier alpha value is -0.910. The molecule has 0 heterocycles. The Morgan fingerprint density at radius 1 is 1.10 bits per heavy atom. The van der Waals surface area contributed by atoms with Crippen LogP contribution in [0.3, 0.4) is 0 Å². The quantitative estimate of drug-likeness (QED) is 0.813. The lowest BCUT2D eigenvalue weighted by molar-refractivity contribution is 0.472. The highest BCUT2D eigenvalue weighted by Gasteiger charge is 2.18. The van der Waals surface area contributed by atoms with E-state index >= 15 is 0 Å². The van der Waals surface area contributed by atoms with Gasteiger partial charge in [0.05, 0.1) is 4.90 Å². The maximum Gasteiger partial charge on any atom is 0.240 e. The summed E-state index contributed by atoms with van der Waals surface area (Å²) >= 11 is 0. The monoisotopic (exact) mass is 298 g/mol. The van der Waals surface area contributed by atoms with Crippen LogP contribution in [0.2, 0.25) is 0 Å². The molecule has 0 aliphatic heterocycles. The van der Waals surface area contributed by atoms with E-state index in [9.17, 15) is 8.42 Å². The molecule has 0 aliphatic rings. The average Bonchev–Trinajstić information content (AvgIpc) is 2.38. The number of hydrogen-bond donors (Lipinski definition) is 2. The summed E-state index contributed by atoms with van der Waals surface area (Å²) in [6, 6.07) is 7.45. The SMILES string of the molecule is CCC(NC)C(C)c1ccc(S(=O)(=O)NC(C)C)cc1.